The zero-order valence-electron chi connectivity index (χ0n) is 9.98. The summed E-state index contributed by atoms with van der Waals surface area (Å²) in [5.74, 6) is -1.31. The summed E-state index contributed by atoms with van der Waals surface area (Å²) >= 11 is 6.92. The Morgan fingerprint density at radius 3 is 2.75 bits per heavy atom. The third-order valence-electron chi connectivity index (χ3n) is 2.33. The number of nitrogens with zero attached hydrogens (tertiary/aromatic N) is 4. The number of aryl methyl sites for hydroxylation is 1. The molecule has 0 aliphatic heterocycles. The smallest absolute Gasteiger partial charge is 0.337 e. The van der Waals surface area contributed by atoms with Gasteiger partial charge in [-0.15, -0.1) is 0 Å². The van der Waals surface area contributed by atoms with E-state index in [0.717, 1.165) is 23.9 Å². The number of carboxylic acids is 1. The molecule has 104 valence electrons. The first-order valence-electron chi connectivity index (χ1n) is 5.13. The summed E-state index contributed by atoms with van der Waals surface area (Å²) in [5.41, 5.74) is -0.632. The summed E-state index contributed by atoms with van der Waals surface area (Å²) in [5, 5.41) is 24.1. The van der Waals surface area contributed by atoms with Gasteiger partial charge in [-0.1, -0.05) is 11.6 Å². The fourth-order valence-corrected chi connectivity index (χ4v) is 2.62. The van der Waals surface area contributed by atoms with Crippen LogP contribution in [0.5, 0.6) is 0 Å². The maximum absolute atomic E-state index is 11.2. The maximum Gasteiger partial charge on any atom is 0.337 e. The van der Waals surface area contributed by atoms with E-state index in [1.807, 2.05) is 0 Å². The minimum absolute atomic E-state index is 0.0235. The van der Waals surface area contributed by atoms with Crippen molar-refractivity contribution in [3.8, 4) is 0 Å². The first-order chi connectivity index (χ1) is 9.40. The van der Waals surface area contributed by atoms with Gasteiger partial charge in [-0.25, -0.2) is 14.5 Å². The van der Waals surface area contributed by atoms with E-state index in [0.29, 0.717) is 5.16 Å². The molecule has 0 saturated heterocycles. The number of carbonyl (C=O) groups is 1. The second-order valence-electron chi connectivity index (χ2n) is 3.63. The summed E-state index contributed by atoms with van der Waals surface area (Å²) in [7, 11) is 1.63. The highest BCUT2D eigenvalue weighted by atomic mass is 35.5. The van der Waals surface area contributed by atoms with Gasteiger partial charge in [-0.05, 0) is 11.8 Å². The van der Waals surface area contributed by atoms with E-state index in [9.17, 15) is 14.9 Å². The number of nitro benzene ring substituents is 1. The predicted molar refractivity (Wildman–Crippen MR) is 70.2 cm³/mol. The molecule has 2 aromatic rings. The number of aromatic carboxylic acids is 1. The topological polar surface area (TPSA) is 111 Å². The first kappa shape index (κ1) is 14.3. The molecule has 0 fully saturated rings. The molecule has 0 aliphatic carbocycles. The summed E-state index contributed by atoms with van der Waals surface area (Å²) in [4.78, 5) is 25.4. The van der Waals surface area contributed by atoms with Crippen molar-refractivity contribution in [1.82, 2.24) is 14.8 Å². The molecule has 0 bridgehead atoms. The average molecular weight is 315 g/mol. The predicted octanol–water partition coefficient (Wildman–Crippen LogP) is 2.23. The minimum atomic E-state index is -1.31. The Morgan fingerprint density at radius 2 is 2.25 bits per heavy atom. The molecular formula is C10H7ClN4O4S. The number of rotatable bonds is 4. The van der Waals surface area contributed by atoms with Crippen LogP contribution in [0.4, 0.5) is 5.69 Å². The van der Waals surface area contributed by atoms with E-state index in [1.165, 1.54) is 11.0 Å². The van der Waals surface area contributed by atoms with Crippen LogP contribution in [0.25, 0.3) is 0 Å². The van der Waals surface area contributed by atoms with Crippen LogP contribution in [0.1, 0.15) is 10.4 Å². The summed E-state index contributed by atoms with van der Waals surface area (Å²) < 4.78 is 1.44. The van der Waals surface area contributed by atoms with Gasteiger partial charge in [0, 0.05) is 24.1 Å². The van der Waals surface area contributed by atoms with Crippen LogP contribution >= 0.6 is 23.4 Å². The molecule has 10 heteroatoms. The summed E-state index contributed by atoms with van der Waals surface area (Å²) in [6, 6.07) is 2.07. The third kappa shape index (κ3) is 2.73. The standard InChI is InChI=1S/C10H7ClN4O4S/c1-14-10(12-4-13-14)20-8-6(9(16)17)2-5(15(18)19)3-7(8)11/h2-4H,1H3,(H,16,17). The zero-order chi connectivity index (χ0) is 14.9. The number of hydrogen-bond donors (Lipinski definition) is 1. The number of aromatic nitrogens is 3. The van der Waals surface area contributed by atoms with Gasteiger partial charge in [0.05, 0.1) is 15.5 Å². The molecule has 0 atom stereocenters. The van der Waals surface area contributed by atoms with Crippen molar-refractivity contribution in [3.05, 3.63) is 39.2 Å². The molecule has 1 heterocycles. The Morgan fingerprint density at radius 1 is 1.55 bits per heavy atom. The quantitative estimate of drug-likeness (QED) is 0.680. The molecule has 0 saturated carbocycles. The van der Waals surface area contributed by atoms with Crippen LogP contribution in [0.15, 0.2) is 28.5 Å². The second kappa shape index (κ2) is 5.47. The minimum Gasteiger partial charge on any atom is -0.478 e. The molecule has 2 rings (SSSR count). The van der Waals surface area contributed by atoms with E-state index in [-0.39, 0.29) is 21.2 Å². The van der Waals surface area contributed by atoms with Crippen molar-refractivity contribution in [2.45, 2.75) is 10.1 Å². The van der Waals surface area contributed by atoms with Crippen LogP contribution in [-0.2, 0) is 7.05 Å². The normalized spacial score (nSPS) is 10.5. The fourth-order valence-electron chi connectivity index (χ4n) is 1.42. The van der Waals surface area contributed by atoms with Gasteiger partial charge >= 0.3 is 5.97 Å². The van der Waals surface area contributed by atoms with Gasteiger partial charge in [0.15, 0.2) is 5.16 Å². The molecule has 20 heavy (non-hydrogen) atoms. The maximum atomic E-state index is 11.2. The second-order valence-corrected chi connectivity index (χ2v) is 5.02. The molecule has 0 amide bonds. The first-order valence-corrected chi connectivity index (χ1v) is 6.32. The monoisotopic (exact) mass is 314 g/mol. The van der Waals surface area contributed by atoms with Crippen molar-refractivity contribution in [2.24, 2.45) is 7.05 Å². The molecule has 8 nitrogen and oxygen atoms in total. The molecule has 0 spiro atoms. The Kier molecular flexibility index (Phi) is 3.91. The van der Waals surface area contributed by atoms with Gasteiger partial charge < -0.3 is 5.11 Å². The van der Waals surface area contributed by atoms with Crippen LogP contribution < -0.4 is 0 Å². The molecule has 1 aromatic carbocycles. The molecular weight excluding hydrogens is 308 g/mol. The number of non-ortho nitro benzene ring substituents is 1. The van der Waals surface area contributed by atoms with Gasteiger partial charge in [0.25, 0.3) is 5.69 Å². The lowest BCUT2D eigenvalue weighted by atomic mass is 10.2. The third-order valence-corrected chi connectivity index (χ3v) is 3.94. The Bertz CT molecular complexity index is 703. The van der Waals surface area contributed by atoms with E-state index in [2.05, 4.69) is 10.1 Å². The van der Waals surface area contributed by atoms with Crippen LogP contribution in [-0.4, -0.2) is 30.8 Å². The SMILES string of the molecule is Cn1ncnc1Sc1c(Cl)cc([N+](=O)[O-])cc1C(=O)O. The van der Waals surface area contributed by atoms with Gasteiger partial charge in [-0.3, -0.25) is 10.1 Å². The van der Waals surface area contributed by atoms with Gasteiger partial charge in [0.2, 0.25) is 0 Å². The van der Waals surface area contributed by atoms with Crippen LogP contribution in [0.3, 0.4) is 0 Å². The number of hydrogen-bond acceptors (Lipinski definition) is 6. The van der Waals surface area contributed by atoms with Crippen molar-refractivity contribution in [3.63, 3.8) is 0 Å². The van der Waals surface area contributed by atoms with E-state index in [1.54, 1.807) is 7.05 Å². The molecule has 0 aliphatic rings. The van der Waals surface area contributed by atoms with Gasteiger partial charge in [0.1, 0.15) is 6.33 Å². The summed E-state index contributed by atoms with van der Waals surface area (Å²) in [6.45, 7) is 0. The van der Waals surface area contributed by atoms with E-state index in [4.69, 9.17) is 16.7 Å². The van der Waals surface area contributed by atoms with E-state index >= 15 is 0 Å². The van der Waals surface area contributed by atoms with Crippen LogP contribution in [0, 0.1) is 10.1 Å². The molecule has 1 aromatic heterocycles. The number of carboxylic acid groups (broad SMARTS) is 1. The Balaban J connectivity index is 2.54. The van der Waals surface area contributed by atoms with Crippen molar-refractivity contribution in [1.29, 1.82) is 0 Å². The fraction of sp³-hybridized carbons (Fsp3) is 0.100. The highest BCUT2D eigenvalue weighted by Crippen LogP contribution is 2.37. The molecule has 0 radical (unpaired) electrons. The summed E-state index contributed by atoms with van der Waals surface area (Å²) in [6.07, 6.45) is 1.31. The number of benzene rings is 1. The van der Waals surface area contributed by atoms with Gasteiger partial charge in [-0.2, -0.15) is 5.10 Å². The van der Waals surface area contributed by atoms with Crippen molar-refractivity contribution >= 4 is 35.0 Å². The van der Waals surface area contributed by atoms with Crippen LogP contribution in [0.2, 0.25) is 5.02 Å². The number of nitro groups is 1. The lowest BCUT2D eigenvalue weighted by Gasteiger charge is -2.07. The lowest BCUT2D eigenvalue weighted by molar-refractivity contribution is -0.384. The highest BCUT2D eigenvalue weighted by Gasteiger charge is 2.22. The molecule has 0 unspecified atom stereocenters. The van der Waals surface area contributed by atoms with Crippen molar-refractivity contribution < 1.29 is 14.8 Å². The Labute approximate surface area is 121 Å². The highest BCUT2D eigenvalue weighted by molar-refractivity contribution is 7.99. The average Bonchev–Trinajstić information content (AvgIpc) is 2.76. The lowest BCUT2D eigenvalue weighted by Crippen LogP contribution is -2.02. The zero-order valence-corrected chi connectivity index (χ0v) is 11.6. The van der Waals surface area contributed by atoms with E-state index < -0.39 is 10.9 Å². The van der Waals surface area contributed by atoms with Crippen molar-refractivity contribution in [2.75, 3.05) is 0 Å². The number of halogens is 1. The largest absolute Gasteiger partial charge is 0.478 e. The Hall–Kier alpha value is -2.13. The molecule has 1 N–H and O–H groups in total.